The number of benzene rings is 1. The van der Waals surface area contributed by atoms with E-state index in [1.807, 2.05) is 19.1 Å². The summed E-state index contributed by atoms with van der Waals surface area (Å²) >= 11 is 0. The Morgan fingerprint density at radius 1 is 1.40 bits per heavy atom. The molecule has 0 atom stereocenters. The summed E-state index contributed by atoms with van der Waals surface area (Å²) in [5.74, 6) is 0.0897. The van der Waals surface area contributed by atoms with Crippen molar-refractivity contribution in [3.8, 4) is 5.75 Å². The molecule has 1 aromatic rings. The third-order valence-electron chi connectivity index (χ3n) is 1.48. The molecule has 0 radical (unpaired) electrons. The van der Waals surface area contributed by atoms with Gasteiger partial charge in [-0.15, -0.1) is 5.75 Å². The maximum absolute atomic E-state index is 11.0. The Bertz CT molecular complexity index is 233. The Morgan fingerprint density at radius 3 is 2.60 bits per heavy atom. The van der Waals surface area contributed by atoms with Gasteiger partial charge in [0, 0.05) is 12.7 Å². The zero-order chi connectivity index (χ0) is 7.56. The molecule has 0 bridgehead atoms. The van der Waals surface area contributed by atoms with E-state index in [9.17, 15) is 5.11 Å². The van der Waals surface area contributed by atoms with E-state index >= 15 is 0 Å². The molecule has 0 heterocycles. The third-order valence-corrected chi connectivity index (χ3v) is 1.48. The van der Waals surface area contributed by atoms with E-state index in [-0.39, 0.29) is 5.75 Å². The molecule has 0 unspecified atom stereocenters. The van der Waals surface area contributed by atoms with Crippen LogP contribution in [0.1, 0.15) is 5.56 Å². The Hall–Kier alpha value is -1.18. The largest absolute Gasteiger partial charge is 0.872 e. The van der Waals surface area contributed by atoms with E-state index in [1.54, 1.807) is 13.1 Å². The molecule has 1 aromatic carbocycles. The first-order chi connectivity index (χ1) is 4.74. The SMILES string of the molecule is CNc1ccc(C)c([O-])c1. The van der Waals surface area contributed by atoms with Gasteiger partial charge in [-0.1, -0.05) is 11.6 Å². The van der Waals surface area contributed by atoms with E-state index in [0.29, 0.717) is 0 Å². The number of rotatable bonds is 1. The first-order valence-electron chi connectivity index (χ1n) is 3.19. The molecule has 0 aromatic heterocycles. The molecule has 0 aliphatic heterocycles. The van der Waals surface area contributed by atoms with Gasteiger partial charge in [0.15, 0.2) is 0 Å². The molecule has 0 aliphatic carbocycles. The summed E-state index contributed by atoms with van der Waals surface area (Å²) < 4.78 is 0. The lowest BCUT2D eigenvalue weighted by atomic mass is 10.2. The highest BCUT2D eigenvalue weighted by molar-refractivity contribution is 5.49. The van der Waals surface area contributed by atoms with Gasteiger partial charge in [-0.25, -0.2) is 0 Å². The van der Waals surface area contributed by atoms with Crippen LogP contribution in [0.2, 0.25) is 0 Å². The minimum absolute atomic E-state index is 0.0897. The second kappa shape index (κ2) is 2.60. The van der Waals surface area contributed by atoms with Crippen molar-refractivity contribution in [2.24, 2.45) is 0 Å². The third kappa shape index (κ3) is 1.21. The predicted molar refractivity (Wildman–Crippen MR) is 40.2 cm³/mol. The minimum Gasteiger partial charge on any atom is -0.872 e. The van der Waals surface area contributed by atoms with Crippen molar-refractivity contribution < 1.29 is 5.11 Å². The number of anilines is 1. The molecule has 0 fully saturated rings. The summed E-state index contributed by atoms with van der Waals surface area (Å²) in [6, 6.07) is 5.29. The fourth-order valence-corrected chi connectivity index (χ4v) is 0.756. The fraction of sp³-hybridized carbons (Fsp3) is 0.250. The van der Waals surface area contributed by atoms with Gasteiger partial charge < -0.3 is 10.4 Å². The van der Waals surface area contributed by atoms with Gasteiger partial charge in [0.25, 0.3) is 0 Å². The maximum atomic E-state index is 11.0. The molecule has 2 heteroatoms. The Balaban J connectivity index is 3.04. The zero-order valence-corrected chi connectivity index (χ0v) is 6.14. The molecule has 54 valence electrons. The van der Waals surface area contributed by atoms with Crippen LogP contribution in [-0.2, 0) is 0 Å². The molecule has 0 amide bonds. The van der Waals surface area contributed by atoms with Crippen LogP contribution in [0, 0.1) is 6.92 Å². The second-order valence-corrected chi connectivity index (χ2v) is 2.23. The van der Waals surface area contributed by atoms with E-state index in [1.165, 1.54) is 0 Å². The summed E-state index contributed by atoms with van der Waals surface area (Å²) in [5, 5.41) is 13.9. The monoisotopic (exact) mass is 136 g/mol. The molecule has 2 nitrogen and oxygen atoms in total. The number of hydrogen-bond donors (Lipinski definition) is 1. The molecular formula is C8H10NO-. The van der Waals surface area contributed by atoms with Gasteiger partial charge in [0.2, 0.25) is 0 Å². The molecule has 0 saturated heterocycles. The van der Waals surface area contributed by atoms with Gasteiger partial charge in [-0.2, -0.15) is 0 Å². The maximum Gasteiger partial charge on any atom is 0.0331 e. The first kappa shape index (κ1) is 6.93. The van der Waals surface area contributed by atoms with E-state index < -0.39 is 0 Å². The highest BCUT2D eigenvalue weighted by Crippen LogP contribution is 2.17. The van der Waals surface area contributed by atoms with Crippen LogP contribution < -0.4 is 10.4 Å². The highest BCUT2D eigenvalue weighted by Gasteiger charge is 1.87. The summed E-state index contributed by atoms with van der Waals surface area (Å²) in [6.07, 6.45) is 0. The average molecular weight is 136 g/mol. The smallest absolute Gasteiger partial charge is 0.0331 e. The Kier molecular flexibility index (Phi) is 1.81. The van der Waals surface area contributed by atoms with Gasteiger partial charge in [-0.3, -0.25) is 0 Å². The lowest BCUT2D eigenvalue weighted by Gasteiger charge is -2.11. The van der Waals surface area contributed by atoms with Crippen LogP contribution in [0.25, 0.3) is 0 Å². The van der Waals surface area contributed by atoms with Crippen molar-refractivity contribution in [1.29, 1.82) is 0 Å². The highest BCUT2D eigenvalue weighted by atomic mass is 16.3. The quantitative estimate of drug-likeness (QED) is 0.627. The molecule has 0 saturated carbocycles. The lowest BCUT2D eigenvalue weighted by Crippen LogP contribution is -1.95. The van der Waals surface area contributed by atoms with Crippen molar-refractivity contribution in [3.05, 3.63) is 23.8 Å². The van der Waals surface area contributed by atoms with Crippen molar-refractivity contribution in [2.45, 2.75) is 6.92 Å². The van der Waals surface area contributed by atoms with Crippen molar-refractivity contribution >= 4 is 5.69 Å². The van der Waals surface area contributed by atoms with Crippen LogP contribution >= 0.6 is 0 Å². The normalized spacial score (nSPS) is 9.40. The molecule has 10 heavy (non-hydrogen) atoms. The second-order valence-electron chi connectivity index (χ2n) is 2.23. The lowest BCUT2D eigenvalue weighted by molar-refractivity contribution is -0.269. The molecule has 0 aliphatic rings. The molecular weight excluding hydrogens is 126 g/mol. The van der Waals surface area contributed by atoms with Gasteiger partial charge in [-0.05, 0) is 19.1 Å². The molecule has 1 rings (SSSR count). The zero-order valence-electron chi connectivity index (χ0n) is 6.14. The number of hydrogen-bond acceptors (Lipinski definition) is 2. The summed E-state index contributed by atoms with van der Waals surface area (Å²) in [4.78, 5) is 0. The topological polar surface area (TPSA) is 35.1 Å². The van der Waals surface area contributed by atoms with Gasteiger partial charge in [0.1, 0.15) is 0 Å². The van der Waals surface area contributed by atoms with Crippen molar-refractivity contribution in [1.82, 2.24) is 0 Å². The summed E-state index contributed by atoms with van der Waals surface area (Å²) in [6.45, 7) is 1.81. The average Bonchev–Trinajstić information content (AvgIpc) is 1.95. The first-order valence-corrected chi connectivity index (χ1v) is 3.19. The van der Waals surface area contributed by atoms with Crippen LogP contribution in [0.15, 0.2) is 18.2 Å². The Labute approximate surface area is 60.5 Å². The van der Waals surface area contributed by atoms with Crippen molar-refractivity contribution in [2.75, 3.05) is 12.4 Å². The number of aryl methyl sites for hydroxylation is 1. The number of nitrogens with one attached hydrogen (secondary N) is 1. The van der Waals surface area contributed by atoms with E-state index in [0.717, 1.165) is 11.3 Å². The van der Waals surface area contributed by atoms with Gasteiger partial charge >= 0.3 is 0 Å². The summed E-state index contributed by atoms with van der Waals surface area (Å²) in [5.41, 5.74) is 1.66. The van der Waals surface area contributed by atoms with E-state index in [4.69, 9.17) is 0 Å². The fourth-order valence-electron chi connectivity index (χ4n) is 0.756. The Morgan fingerprint density at radius 2 is 2.10 bits per heavy atom. The van der Waals surface area contributed by atoms with Crippen LogP contribution in [-0.4, -0.2) is 7.05 Å². The van der Waals surface area contributed by atoms with Gasteiger partial charge in [0.05, 0.1) is 0 Å². The van der Waals surface area contributed by atoms with E-state index in [2.05, 4.69) is 5.32 Å². The predicted octanol–water partition coefficient (Wildman–Crippen LogP) is 1.11. The minimum atomic E-state index is 0.0897. The molecule has 0 spiro atoms. The van der Waals surface area contributed by atoms with Crippen LogP contribution in [0.3, 0.4) is 0 Å². The van der Waals surface area contributed by atoms with Crippen LogP contribution in [0.4, 0.5) is 5.69 Å². The standard InChI is InChI=1S/C8H11NO/c1-6-3-4-7(9-2)5-8(6)10/h3-5,9-10H,1-2H3/p-1. The van der Waals surface area contributed by atoms with Crippen molar-refractivity contribution in [3.63, 3.8) is 0 Å². The van der Waals surface area contributed by atoms with Crippen LogP contribution in [0.5, 0.6) is 5.75 Å². The summed E-state index contributed by atoms with van der Waals surface area (Å²) in [7, 11) is 1.80. The molecule has 1 N–H and O–H groups in total.